The van der Waals surface area contributed by atoms with Crippen LogP contribution in [0.4, 0.5) is 0 Å². The molecule has 5 nitrogen and oxygen atoms in total. The van der Waals surface area contributed by atoms with Crippen LogP contribution in [0.1, 0.15) is 16.9 Å². The maximum atomic E-state index is 12.0. The van der Waals surface area contributed by atoms with Crippen LogP contribution in [0, 0.1) is 0 Å². The standard InChI is InChI=1S/C11H15N3O2/c15-9-3-1-5-13-10(9)11(16)14-7-2-4-12-6-8-14/h1,3,5,12,15H,2,4,6-8H2. The number of carbonyl (C=O) groups excluding carboxylic acids is 1. The van der Waals surface area contributed by atoms with Gasteiger partial charge in [0.05, 0.1) is 0 Å². The zero-order valence-corrected chi connectivity index (χ0v) is 9.02. The van der Waals surface area contributed by atoms with Crippen LogP contribution in [0.3, 0.4) is 0 Å². The zero-order valence-electron chi connectivity index (χ0n) is 9.02. The van der Waals surface area contributed by atoms with E-state index in [1.165, 1.54) is 12.3 Å². The molecular weight excluding hydrogens is 206 g/mol. The number of hydrogen-bond donors (Lipinski definition) is 2. The lowest BCUT2D eigenvalue weighted by Crippen LogP contribution is -2.34. The molecule has 0 unspecified atom stereocenters. The Bertz CT molecular complexity index is 373. The summed E-state index contributed by atoms with van der Waals surface area (Å²) in [7, 11) is 0. The largest absolute Gasteiger partial charge is 0.505 e. The molecule has 2 N–H and O–H groups in total. The van der Waals surface area contributed by atoms with Gasteiger partial charge in [-0.1, -0.05) is 0 Å². The third kappa shape index (κ3) is 2.30. The third-order valence-corrected chi connectivity index (χ3v) is 2.62. The van der Waals surface area contributed by atoms with E-state index in [9.17, 15) is 9.90 Å². The minimum Gasteiger partial charge on any atom is -0.505 e. The van der Waals surface area contributed by atoms with E-state index in [1.807, 2.05) is 0 Å². The summed E-state index contributed by atoms with van der Waals surface area (Å²) >= 11 is 0. The van der Waals surface area contributed by atoms with E-state index < -0.39 is 0 Å². The molecule has 1 aromatic rings. The molecule has 86 valence electrons. The van der Waals surface area contributed by atoms with Gasteiger partial charge in [0.15, 0.2) is 5.69 Å². The lowest BCUT2D eigenvalue weighted by molar-refractivity contribution is 0.0757. The van der Waals surface area contributed by atoms with Crippen molar-refractivity contribution in [3.05, 3.63) is 24.0 Å². The zero-order chi connectivity index (χ0) is 11.4. The van der Waals surface area contributed by atoms with Crippen LogP contribution in [-0.2, 0) is 0 Å². The van der Waals surface area contributed by atoms with Crippen LogP contribution in [0.5, 0.6) is 5.75 Å². The fourth-order valence-corrected chi connectivity index (χ4v) is 1.76. The number of nitrogens with zero attached hydrogens (tertiary/aromatic N) is 2. The number of nitrogens with one attached hydrogen (secondary N) is 1. The molecule has 0 radical (unpaired) electrons. The molecule has 1 aliphatic heterocycles. The molecule has 1 aliphatic rings. The highest BCUT2D eigenvalue weighted by Crippen LogP contribution is 2.15. The average molecular weight is 221 g/mol. The molecule has 0 aliphatic carbocycles. The average Bonchev–Trinajstić information content (AvgIpc) is 2.57. The fourth-order valence-electron chi connectivity index (χ4n) is 1.76. The van der Waals surface area contributed by atoms with Gasteiger partial charge in [0.25, 0.3) is 5.91 Å². The van der Waals surface area contributed by atoms with Gasteiger partial charge in [-0.05, 0) is 25.1 Å². The highest BCUT2D eigenvalue weighted by Gasteiger charge is 2.20. The molecule has 1 fully saturated rings. The van der Waals surface area contributed by atoms with E-state index in [0.29, 0.717) is 13.1 Å². The predicted octanol–water partition coefficient (Wildman–Crippen LogP) is 0.223. The number of carbonyl (C=O) groups is 1. The maximum Gasteiger partial charge on any atom is 0.276 e. The van der Waals surface area contributed by atoms with Crippen molar-refractivity contribution >= 4 is 5.91 Å². The van der Waals surface area contributed by atoms with Gasteiger partial charge in [-0.3, -0.25) is 4.79 Å². The maximum absolute atomic E-state index is 12.0. The van der Waals surface area contributed by atoms with Gasteiger partial charge >= 0.3 is 0 Å². The number of pyridine rings is 1. The van der Waals surface area contributed by atoms with Crippen molar-refractivity contribution in [2.24, 2.45) is 0 Å². The van der Waals surface area contributed by atoms with E-state index in [2.05, 4.69) is 10.3 Å². The first kappa shape index (κ1) is 10.9. The Hall–Kier alpha value is -1.62. The van der Waals surface area contributed by atoms with Gasteiger partial charge in [0.2, 0.25) is 0 Å². The molecule has 0 spiro atoms. The summed E-state index contributed by atoms with van der Waals surface area (Å²) in [6.07, 6.45) is 2.45. The van der Waals surface area contributed by atoms with E-state index in [1.54, 1.807) is 11.0 Å². The minimum absolute atomic E-state index is 0.0512. The molecule has 5 heteroatoms. The molecule has 1 amide bonds. The molecule has 0 atom stereocenters. The Labute approximate surface area is 94.1 Å². The number of hydrogen-bond acceptors (Lipinski definition) is 4. The summed E-state index contributed by atoms with van der Waals surface area (Å²) in [6.45, 7) is 3.09. The van der Waals surface area contributed by atoms with Gasteiger partial charge in [-0.2, -0.15) is 0 Å². The molecule has 2 rings (SSSR count). The van der Waals surface area contributed by atoms with Crippen LogP contribution in [-0.4, -0.2) is 47.1 Å². The summed E-state index contributed by atoms with van der Waals surface area (Å²) < 4.78 is 0. The lowest BCUT2D eigenvalue weighted by atomic mass is 10.2. The molecular formula is C11H15N3O2. The SMILES string of the molecule is O=C(c1ncccc1O)N1CCCNCC1. The minimum atomic E-state index is -0.193. The monoisotopic (exact) mass is 221 g/mol. The van der Waals surface area contributed by atoms with Gasteiger partial charge in [0.1, 0.15) is 5.75 Å². The number of amides is 1. The van der Waals surface area contributed by atoms with E-state index in [0.717, 1.165) is 19.5 Å². The predicted molar refractivity (Wildman–Crippen MR) is 59.3 cm³/mol. The van der Waals surface area contributed by atoms with Crippen molar-refractivity contribution in [2.75, 3.05) is 26.2 Å². The summed E-state index contributed by atoms with van der Waals surface area (Å²) in [5.74, 6) is -0.244. The first-order valence-corrected chi connectivity index (χ1v) is 5.43. The number of aromatic nitrogens is 1. The van der Waals surface area contributed by atoms with Gasteiger partial charge < -0.3 is 15.3 Å². The topological polar surface area (TPSA) is 65.5 Å². The van der Waals surface area contributed by atoms with Gasteiger partial charge in [-0.25, -0.2) is 4.98 Å². The number of aromatic hydroxyl groups is 1. The molecule has 1 aromatic heterocycles. The Kier molecular flexibility index (Phi) is 3.36. The van der Waals surface area contributed by atoms with Crippen LogP contribution in [0.15, 0.2) is 18.3 Å². The summed E-state index contributed by atoms with van der Waals surface area (Å²) in [5, 5.41) is 12.8. The summed E-state index contributed by atoms with van der Waals surface area (Å²) in [4.78, 5) is 17.7. The van der Waals surface area contributed by atoms with Crippen LogP contribution < -0.4 is 5.32 Å². The number of rotatable bonds is 1. The van der Waals surface area contributed by atoms with Gasteiger partial charge in [0, 0.05) is 25.8 Å². The van der Waals surface area contributed by atoms with Crippen molar-refractivity contribution in [3.8, 4) is 5.75 Å². The van der Waals surface area contributed by atoms with E-state index in [-0.39, 0.29) is 17.4 Å². The van der Waals surface area contributed by atoms with Crippen LogP contribution in [0.25, 0.3) is 0 Å². The Morgan fingerprint density at radius 3 is 3.12 bits per heavy atom. The van der Waals surface area contributed by atoms with Crippen LogP contribution >= 0.6 is 0 Å². The first-order chi connectivity index (χ1) is 7.79. The molecule has 0 bridgehead atoms. The molecule has 2 heterocycles. The highest BCUT2D eigenvalue weighted by atomic mass is 16.3. The molecule has 16 heavy (non-hydrogen) atoms. The van der Waals surface area contributed by atoms with E-state index >= 15 is 0 Å². The van der Waals surface area contributed by atoms with Crippen molar-refractivity contribution in [3.63, 3.8) is 0 Å². The second-order valence-electron chi connectivity index (χ2n) is 3.77. The first-order valence-electron chi connectivity index (χ1n) is 5.43. The fraction of sp³-hybridized carbons (Fsp3) is 0.455. The van der Waals surface area contributed by atoms with Crippen LogP contribution in [0.2, 0.25) is 0 Å². The van der Waals surface area contributed by atoms with Gasteiger partial charge in [-0.15, -0.1) is 0 Å². The highest BCUT2D eigenvalue weighted by molar-refractivity contribution is 5.94. The quantitative estimate of drug-likeness (QED) is 0.712. The third-order valence-electron chi connectivity index (χ3n) is 2.62. The second-order valence-corrected chi connectivity index (χ2v) is 3.77. The second kappa shape index (κ2) is 4.94. The summed E-state index contributed by atoms with van der Waals surface area (Å²) in [6, 6.07) is 3.09. The Balaban J connectivity index is 2.14. The normalized spacial score (nSPS) is 16.9. The smallest absolute Gasteiger partial charge is 0.276 e. The Morgan fingerprint density at radius 1 is 1.44 bits per heavy atom. The molecule has 0 aromatic carbocycles. The molecule has 1 saturated heterocycles. The van der Waals surface area contributed by atoms with E-state index in [4.69, 9.17) is 0 Å². The molecule has 0 saturated carbocycles. The Morgan fingerprint density at radius 2 is 2.31 bits per heavy atom. The summed E-state index contributed by atoms with van der Waals surface area (Å²) in [5.41, 5.74) is 0.143. The van der Waals surface area contributed by atoms with Crippen molar-refractivity contribution in [1.82, 2.24) is 15.2 Å². The van der Waals surface area contributed by atoms with Crippen molar-refractivity contribution < 1.29 is 9.90 Å². The van der Waals surface area contributed by atoms with Crippen molar-refractivity contribution in [2.45, 2.75) is 6.42 Å². The van der Waals surface area contributed by atoms with Crippen molar-refractivity contribution in [1.29, 1.82) is 0 Å². The lowest BCUT2D eigenvalue weighted by Gasteiger charge is -2.19.